The van der Waals surface area contributed by atoms with E-state index in [1.54, 1.807) is 11.8 Å². The van der Waals surface area contributed by atoms with Gasteiger partial charge in [0.2, 0.25) is 45.5 Å². The molecule has 5 unspecified atom stereocenters. The summed E-state index contributed by atoms with van der Waals surface area (Å²) in [4.78, 5) is 80.4. The van der Waals surface area contributed by atoms with E-state index in [9.17, 15) is 42.3 Å². The molecular weight excluding hydrogens is 1000 g/mol. The molecule has 4 heterocycles. The van der Waals surface area contributed by atoms with Crippen LogP contribution in [0.25, 0.3) is 11.1 Å². The van der Waals surface area contributed by atoms with Crippen LogP contribution in [0, 0.1) is 11.3 Å². The van der Waals surface area contributed by atoms with Crippen molar-refractivity contribution >= 4 is 69.0 Å². The van der Waals surface area contributed by atoms with E-state index in [0.29, 0.717) is 55.7 Å². The number of nitrogens with one attached hydrogen (secondary N) is 7. The predicted octanol–water partition coefficient (Wildman–Crippen LogP) is 3.63. The first-order chi connectivity index (χ1) is 35.2. The van der Waals surface area contributed by atoms with Crippen molar-refractivity contribution in [2.24, 2.45) is 11.3 Å². The molecule has 3 aromatic carbocycles. The van der Waals surface area contributed by atoms with Gasteiger partial charge in [0.05, 0.1) is 24.8 Å². The fourth-order valence-corrected chi connectivity index (χ4v) is 13.0. The molecule has 0 radical (unpaired) electrons. The van der Waals surface area contributed by atoms with Gasteiger partial charge < -0.3 is 41.9 Å². The number of aliphatic hydroxyl groups excluding tert-OH is 1. The van der Waals surface area contributed by atoms with Gasteiger partial charge in [-0.3, -0.25) is 34.1 Å². The molecule has 0 aliphatic carbocycles. The van der Waals surface area contributed by atoms with Crippen LogP contribution in [-0.4, -0.2) is 132 Å². The van der Waals surface area contributed by atoms with Crippen LogP contribution < -0.4 is 37.2 Å². The Morgan fingerprint density at radius 1 is 0.797 bits per heavy atom. The van der Waals surface area contributed by atoms with Crippen LogP contribution in [0.2, 0.25) is 0 Å². The van der Waals surface area contributed by atoms with Crippen LogP contribution >= 0.6 is 23.5 Å². The highest BCUT2D eigenvalue weighted by Gasteiger charge is 2.44. The highest BCUT2D eigenvalue weighted by atomic mass is 32.2. The molecule has 0 saturated carbocycles. The van der Waals surface area contributed by atoms with E-state index in [2.05, 4.69) is 62.3 Å². The molecule has 4 aliphatic heterocycles. The summed E-state index contributed by atoms with van der Waals surface area (Å²) in [6, 6.07) is 22.9. The zero-order valence-electron chi connectivity index (χ0n) is 43.0. The predicted molar refractivity (Wildman–Crippen MR) is 288 cm³/mol. The molecule has 74 heavy (non-hydrogen) atoms. The lowest BCUT2D eigenvalue weighted by molar-refractivity contribution is -0.144. The minimum absolute atomic E-state index is 0.00210. The minimum atomic E-state index is -3.37. The maximum atomic E-state index is 14.1. The quantitative estimate of drug-likeness (QED) is 0.0712. The van der Waals surface area contributed by atoms with Crippen LogP contribution in [0.1, 0.15) is 106 Å². The summed E-state index contributed by atoms with van der Waals surface area (Å²) in [5, 5.41) is 32.3. The van der Waals surface area contributed by atoms with Crippen LogP contribution in [0.4, 0.5) is 0 Å². The number of nitrogens with zero attached hydrogens (tertiary/aromatic N) is 2. The second-order valence-corrected chi connectivity index (χ2v) is 25.2. The first-order valence-corrected chi connectivity index (χ1v) is 29.5. The monoisotopic (exact) mass is 1080 g/mol. The van der Waals surface area contributed by atoms with Crippen LogP contribution in [0.15, 0.2) is 72.8 Å². The first kappa shape index (κ1) is 56.7. The molecule has 4 aliphatic rings. The lowest BCUT2D eigenvalue weighted by Crippen LogP contribution is -2.57. The van der Waals surface area contributed by atoms with E-state index in [0.717, 1.165) is 39.9 Å². The minimum Gasteiger partial charge on any atom is -0.391 e. The van der Waals surface area contributed by atoms with Gasteiger partial charge in [0.1, 0.15) is 17.6 Å². The van der Waals surface area contributed by atoms with Crippen molar-refractivity contribution in [3.05, 3.63) is 95.1 Å². The molecule has 6 amide bonds. The summed E-state index contributed by atoms with van der Waals surface area (Å²) in [6.45, 7) is 8.57. The Hall–Kier alpha value is -5.03. The van der Waals surface area contributed by atoms with Crippen molar-refractivity contribution in [1.29, 1.82) is 0 Å². The lowest BCUT2D eigenvalue weighted by Gasteiger charge is -2.35. The summed E-state index contributed by atoms with van der Waals surface area (Å²) in [5.41, 5.74) is 5.11. The Bertz CT molecular complexity index is 2600. The van der Waals surface area contributed by atoms with E-state index in [1.165, 1.54) is 14.8 Å². The van der Waals surface area contributed by atoms with Crippen LogP contribution in [-0.2, 0) is 51.9 Å². The maximum absolute atomic E-state index is 14.1. The number of likely N-dealkylation sites (tertiary alicyclic amines) is 1. The van der Waals surface area contributed by atoms with Crippen LogP contribution in [0.3, 0.4) is 0 Å². The molecule has 8 N–H and O–H groups in total. The van der Waals surface area contributed by atoms with E-state index < -0.39 is 45.5 Å². The molecule has 4 saturated heterocycles. The second kappa shape index (κ2) is 25.7. The largest absolute Gasteiger partial charge is 0.391 e. The molecule has 3 aromatic rings. The zero-order chi connectivity index (χ0) is 53.2. The average Bonchev–Trinajstić information content (AvgIpc) is 4.21. The number of hydrogen-bond acceptors (Lipinski definition) is 13. The number of amides is 6. The number of unbranched alkanes of at least 4 members (excludes halogenated alkanes) is 2. The maximum Gasteiger partial charge on any atom is 0.246 e. The van der Waals surface area contributed by atoms with Gasteiger partial charge in [-0.1, -0.05) is 87.9 Å². The average molecular weight is 1080 g/mol. The van der Waals surface area contributed by atoms with Gasteiger partial charge in [-0.2, -0.15) is 0 Å². The number of rotatable bonds is 21. The van der Waals surface area contributed by atoms with E-state index >= 15 is 0 Å². The van der Waals surface area contributed by atoms with Crippen molar-refractivity contribution in [1.82, 2.24) is 46.4 Å². The van der Waals surface area contributed by atoms with Gasteiger partial charge >= 0.3 is 0 Å². The summed E-state index contributed by atoms with van der Waals surface area (Å²) in [7, 11) is -3.37. The molecule has 0 bridgehead atoms. The summed E-state index contributed by atoms with van der Waals surface area (Å²) in [5.74, 6) is -0.693. The molecular formula is C53H73N9O9S3. The van der Waals surface area contributed by atoms with Gasteiger partial charge in [-0.15, -0.1) is 23.5 Å². The van der Waals surface area contributed by atoms with Gasteiger partial charge in [0.25, 0.3) is 0 Å². The van der Waals surface area contributed by atoms with E-state index in [-0.39, 0.29) is 86.6 Å². The number of aliphatic hydroxyl groups is 1. The number of thioether (sulfide) groups is 2. The number of sulfonamides is 1. The molecule has 21 heteroatoms. The first-order valence-electron chi connectivity index (χ1n) is 25.6. The molecule has 402 valence electrons. The molecule has 4 fully saturated rings. The van der Waals surface area contributed by atoms with Crippen molar-refractivity contribution in [3.8, 4) is 11.1 Å². The third kappa shape index (κ3) is 15.8. The number of benzene rings is 3. The van der Waals surface area contributed by atoms with Crippen molar-refractivity contribution in [2.45, 2.75) is 127 Å². The Morgan fingerprint density at radius 2 is 1.50 bits per heavy atom. The Morgan fingerprint density at radius 3 is 2.19 bits per heavy atom. The van der Waals surface area contributed by atoms with Crippen molar-refractivity contribution < 1.29 is 42.3 Å². The summed E-state index contributed by atoms with van der Waals surface area (Å²) in [6.07, 6.45) is 2.99. The van der Waals surface area contributed by atoms with Crippen LogP contribution in [0.5, 0.6) is 0 Å². The fraction of sp³-hybridized carbons (Fsp3) is 0.547. The topological polar surface area (TPSA) is 247 Å². The molecule has 8 atom stereocenters. The number of β-amino-alcohol motifs (C(OH)–C–C–N with tert-alkyl or cyclic N) is 1. The molecule has 0 spiro atoms. The summed E-state index contributed by atoms with van der Waals surface area (Å²) >= 11 is 3.42. The highest BCUT2D eigenvalue weighted by Crippen LogP contribution is 2.36. The zero-order valence-corrected chi connectivity index (χ0v) is 45.4. The number of hydrogen-bond donors (Lipinski definition) is 8. The number of carbonyl (C=O) groups is 6. The Labute approximate surface area is 443 Å². The third-order valence-electron chi connectivity index (χ3n) is 14.0. The van der Waals surface area contributed by atoms with Gasteiger partial charge in [0, 0.05) is 80.9 Å². The Kier molecular flexibility index (Phi) is 19.7. The van der Waals surface area contributed by atoms with Crippen molar-refractivity contribution in [3.63, 3.8) is 0 Å². The van der Waals surface area contributed by atoms with Gasteiger partial charge in [-0.25, -0.2) is 12.7 Å². The van der Waals surface area contributed by atoms with Gasteiger partial charge in [-0.05, 0) is 77.1 Å². The number of carbonyl (C=O) groups excluding carboxylic acids is 6. The van der Waals surface area contributed by atoms with Gasteiger partial charge in [0.15, 0.2) is 0 Å². The smallest absolute Gasteiger partial charge is 0.246 e. The van der Waals surface area contributed by atoms with Crippen molar-refractivity contribution in [2.75, 3.05) is 44.1 Å². The SMILES string of the molecule is CC1NCSC1c1ccc(CNC(=O)[C@@H]2C[C@@H](O)CN2C(=O)[C@@H](NC(=O)CCCCCC(=O)NCc2cccc(-c3cccc(C4CSC(NC(=O)CNC(=O)C5CCN(S(C)(=O)=O)C5)N4)c3)c2)C(C)(C)C)cc1. The van der Waals surface area contributed by atoms with E-state index in [1.807, 2.05) is 87.1 Å². The highest BCUT2D eigenvalue weighted by molar-refractivity contribution is 8.00. The molecule has 18 nitrogen and oxygen atoms in total. The second-order valence-electron chi connectivity index (χ2n) is 20.9. The summed E-state index contributed by atoms with van der Waals surface area (Å²) < 4.78 is 24.9. The normalized spacial score (nSPS) is 23.5. The van der Waals surface area contributed by atoms with E-state index in [4.69, 9.17) is 0 Å². The third-order valence-corrected chi connectivity index (χ3v) is 17.8. The lowest BCUT2D eigenvalue weighted by atomic mass is 9.85. The Balaban J connectivity index is 0.795. The fourth-order valence-electron chi connectivity index (χ4n) is 9.72. The molecule has 0 aromatic heterocycles. The molecule has 7 rings (SSSR count). The standard InChI is InChI=1S/C53H73N9O9S3/c1-33-47(73-32-57-33)36-19-17-34(18-20-36)26-55-50(68)43-25-41(63)30-62(43)51(69)48(53(2,3)4)59-45(65)16-8-6-7-15-44(64)54-27-35-11-9-12-37(23-35)38-13-10-14-39(24-38)42-31-72-52(58-42)60-46(66)28-56-49(67)40-21-22-61(29-40)74(5,70)71/h9-14,17-20,23-24,33,40-43,47-48,52,57-58,63H,6-8,15-16,21-22,25-32H2,1-5H3,(H,54,64)(H,55,68)(H,56,67)(H,59,65)(H,60,66)/t33?,40?,41-,42?,43+,47?,48-,52?/m1/s1.